The molecule has 0 aromatic rings. The Morgan fingerprint density at radius 3 is 2.88 bits per heavy atom. The van der Waals surface area contributed by atoms with Crippen molar-refractivity contribution in [2.75, 3.05) is 6.61 Å². The largest absolute Gasteiger partial charge is 0.396 e. The van der Waals surface area contributed by atoms with Crippen molar-refractivity contribution >= 4 is 0 Å². The maximum Gasteiger partial charge on any atom is 0.0465 e. The molecule has 0 aromatic carbocycles. The van der Waals surface area contributed by atoms with E-state index >= 15 is 0 Å². The zero-order valence-electron chi connectivity index (χ0n) is 11.0. The highest BCUT2D eigenvalue weighted by molar-refractivity contribution is 5.17. The van der Waals surface area contributed by atoms with Gasteiger partial charge in [-0.05, 0) is 56.8 Å². The molecule has 1 fully saturated rings. The normalized spacial score (nSPS) is 35.5. The first-order valence-electron chi connectivity index (χ1n) is 6.81. The molecule has 0 amide bonds. The summed E-state index contributed by atoms with van der Waals surface area (Å²) in [6, 6.07) is 0. The lowest BCUT2D eigenvalue weighted by Crippen LogP contribution is -2.09. The van der Waals surface area contributed by atoms with Gasteiger partial charge in [-0.15, -0.1) is 0 Å². The van der Waals surface area contributed by atoms with E-state index in [2.05, 4.69) is 44.2 Å². The molecule has 0 aromatic heterocycles. The summed E-state index contributed by atoms with van der Waals surface area (Å²) >= 11 is 0. The summed E-state index contributed by atoms with van der Waals surface area (Å²) in [5.41, 5.74) is 1.44. The molecule has 2 aliphatic rings. The Labute approximate surface area is 105 Å². The molecule has 2 aliphatic carbocycles. The highest BCUT2D eigenvalue weighted by Crippen LogP contribution is 2.49. The highest BCUT2D eigenvalue weighted by atomic mass is 16.2. The van der Waals surface area contributed by atoms with Crippen LogP contribution in [-0.4, -0.2) is 11.7 Å². The van der Waals surface area contributed by atoms with Crippen LogP contribution in [0.3, 0.4) is 0 Å². The predicted molar refractivity (Wildman–Crippen MR) is 72.6 cm³/mol. The lowest BCUT2D eigenvalue weighted by atomic mass is 9.89. The molecule has 0 heterocycles. The molecule has 1 N–H and O–H groups in total. The molecular weight excluding hydrogens is 208 g/mol. The van der Waals surface area contributed by atoms with Gasteiger partial charge < -0.3 is 5.11 Å². The summed E-state index contributed by atoms with van der Waals surface area (Å²) in [7, 11) is 0. The summed E-state index contributed by atoms with van der Waals surface area (Å²) in [4.78, 5) is 0. The van der Waals surface area contributed by atoms with Crippen LogP contribution in [0.4, 0.5) is 0 Å². The summed E-state index contributed by atoms with van der Waals surface area (Å²) in [5, 5.41) is 8.83. The SMILES string of the molecule is CC(C)=CC1CC(/C=C/CCO)C2CC=CC12. The van der Waals surface area contributed by atoms with E-state index < -0.39 is 0 Å². The van der Waals surface area contributed by atoms with Crippen molar-refractivity contribution < 1.29 is 5.11 Å². The lowest BCUT2D eigenvalue weighted by Gasteiger charge is -2.15. The second-order valence-corrected chi connectivity index (χ2v) is 5.65. The zero-order chi connectivity index (χ0) is 12.3. The molecule has 1 saturated carbocycles. The average Bonchev–Trinajstić information content (AvgIpc) is 2.83. The third-order valence-corrected chi connectivity index (χ3v) is 4.08. The van der Waals surface area contributed by atoms with Gasteiger partial charge in [0.2, 0.25) is 0 Å². The van der Waals surface area contributed by atoms with Gasteiger partial charge >= 0.3 is 0 Å². The van der Waals surface area contributed by atoms with E-state index in [-0.39, 0.29) is 6.61 Å². The lowest BCUT2D eigenvalue weighted by molar-refractivity contribution is 0.302. The smallest absolute Gasteiger partial charge is 0.0465 e. The average molecular weight is 232 g/mol. The molecule has 4 unspecified atom stereocenters. The van der Waals surface area contributed by atoms with E-state index in [4.69, 9.17) is 5.11 Å². The van der Waals surface area contributed by atoms with Crippen molar-refractivity contribution in [1.82, 2.24) is 0 Å². The van der Waals surface area contributed by atoms with Gasteiger partial charge in [0.05, 0.1) is 0 Å². The van der Waals surface area contributed by atoms with Crippen LogP contribution < -0.4 is 0 Å². The minimum atomic E-state index is 0.271. The third-order valence-electron chi connectivity index (χ3n) is 4.08. The van der Waals surface area contributed by atoms with E-state index in [9.17, 15) is 0 Å². The van der Waals surface area contributed by atoms with Gasteiger partial charge in [-0.2, -0.15) is 0 Å². The minimum absolute atomic E-state index is 0.271. The number of rotatable bonds is 4. The molecule has 0 saturated heterocycles. The summed E-state index contributed by atoms with van der Waals surface area (Å²) in [6.45, 7) is 4.66. The molecule has 1 heteroatoms. The molecule has 17 heavy (non-hydrogen) atoms. The quantitative estimate of drug-likeness (QED) is 0.732. The monoisotopic (exact) mass is 232 g/mol. The fraction of sp³-hybridized carbons (Fsp3) is 0.625. The number of fused-ring (bicyclic) bond motifs is 1. The Bertz CT molecular complexity index is 333. The minimum Gasteiger partial charge on any atom is -0.396 e. The molecule has 1 nitrogen and oxygen atoms in total. The fourth-order valence-corrected chi connectivity index (χ4v) is 3.43. The van der Waals surface area contributed by atoms with Crippen LogP contribution in [0, 0.1) is 23.7 Å². The van der Waals surface area contributed by atoms with Crippen molar-refractivity contribution in [1.29, 1.82) is 0 Å². The zero-order valence-corrected chi connectivity index (χ0v) is 11.0. The van der Waals surface area contributed by atoms with Crippen LogP contribution in [0.25, 0.3) is 0 Å². The number of aliphatic hydroxyl groups is 1. The van der Waals surface area contributed by atoms with Crippen LogP contribution in [0.5, 0.6) is 0 Å². The third kappa shape index (κ3) is 2.90. The first-order chi connectivity index (χ1) is 8.22. The van der Waals surface area contributed by atoms with Gasteiger partial charge in [0.1, 0.15) is 0 Å². The first-order valence-corrected chi connectivity index (χ1v) is 6.81. The van der Waals surface area contributed by atoms with Crippen molar-refractivity contribution in [3.05, 3.63) is 36.0 Å². The van der Waals surface area contributed by atoms with E-state index in [0.717, 1.165) is 24.2 Å². The number of allylic oxidation sites excluding steroid dienone is 5. The molecule has 4 atom stereocenters. The van der Waals surface area contributed by atoms with Crippen molar-refractivity contribution in [3.63, 3.8) is 0 Å². The Morgan fingerprint density at radius 1 is 1.35 bits per heavy atom. The van der Waals surface area contributed by atoms with Crippen LogP contribution in [-0.2, 0) is 0 Å². The molecule has 0 radical (unpaired) electrons. The van der Waals surface area contributed by atoms with Crippen LogP contribution in [0.15, 0.2) is 36.0 Å². The van der Waals surface area contributed by atoms with Gasteiger partial charge in [0, 0.05) is 6.61 Å². The Morgan fingerprint density at radius 2 is 2.18 bits per heavy atom. The maximum atomic E-state index is 8.83. The Hall–Kier alpha value is -0.820. The number of aliphatic hydroxyl groups excluding tert-OH is 1. The van der Waals surface area contributed by atoms with Gasteiger partial charge in [-0.1, -0.05) is 36.0 Å². The number of hydrogen-bond donors (Lipinski definition) is 1. The van der Waals surface area contributed by atoms with Gasteiger partial charge in [-0.25, -0.2) is 0 Å². The highest BCUT2D eigenvalue weighted by Gasteiger charge is 2.40. The fourth-order valence-electron chi connectivity index (χ4n) is 3.43. The molecule has 0 aliphatic heterocycles. The predicted octanol–water partition coefficient (Wildman–Crippen LogP) is 3.72. The van der Waals surface area contributed by atoms with Crippen LogP contribution in [0.2, 0.25) is 0 Å². The summed E-state index contributed by atoms with van der Waals surface area (Å²) in [5.74, 6) is 3.01. The standard InChI is InChI=1S/C16H24O/c1-12(2)10-14-11-13(6-3-4-9-17)15-7-5-8-16(14)15/h3,5-6,8,10,13-17H,4,7,9,11H2,1-2H3/b6-3+. The molecule has 0 bridgehead atoms. The Kier molecular flexibility index (Phi) is 4.22. The van der Waals surface area contributed by atoms with E-state index in [1.807, 2.05) is 0 Å². The maximum absolute atomic E-state index is 8.83. The second-order valence-electron chi connectivity index (χ2n) is 5.65. The first kappa shape index (κ1) is 12.6. The second kappa shape index (κ2) is 5.68. The van der Waals surface area contributed by atoms with Crippen molar-refractivity contribution in [3.8, 4) is 0 Å². The van der Waals surface area contributed by atoms with Crippen LogP contribution in [0.1, 0.15) is 33.1 Å². The molecule has 0 spiro atoms. The topological polar surface area (TPSA) is 20.2 Å². The summed E-state index contributed by atoms with van der Waals surface area (Å²) < 4.78 is 0. The Balaban J connectivity index is 2.04. The number of hydrogen-bond acceptors (Lipinski definition) is 1. The van der Waals surface area contributed by atoms with Gasteiger partial charge in [-0.3, -0.25) is 0 Å². The van der Waals surface area contributed by atoms with Crippen LogP contribution >= 0.6 is 0 Å². The van der Waals surface area contributed by atoms with E-state index in [1.165, 1.54) is 18.4 Å². The van der Waals surface area contributed by atoms with Gasteiger partial charge in [0.15, 0.2) is 0 Å². The van der Waals surface area contributed by atoms with E-state index in [0.29, 0.717) is 5.92 Å². The summed E-state index contributed by atoms with van der Waals surface area (Å²) in [6.07, 6.45) is 15.1. The molecule has 94 valence electrons. The van der Waals surface area contributed by atoms with Crippen molar-refractivity contribution in [2.45, 2.75) is 33.1 Å². The van der Waals surface area contributed by atoms with Gasteiger partial charge in [0.25, 0.3) is 0 Å². The van der Waals surface area contributed by atoms with Crippen molar-refractivity contribution in [2.24, 2.45) is 23.7 Å². The molecular formula is C16H24O. The van der Waals surface area contributed by atoms with E-state index in [1.54, 1.807) is 0 Å². The molecule has 2 rings (SSSR count).